The third-order valence-corrected chi connectivity index (χ3v) is 4.47. The number of hydrogen-bond acceptors (Lipinski definition) is 5. The number of nitrogens with one attached hydrogen (secondary N) is 1. The molecule has 0 bridgehead atoms. The summed E-state index contributed by atoms with van der Waals surface area (Å²) in [6, 6.07) is 14.5. The topological polar surface area (TPSA) is 73.6 Å². The number of carbonyl (C=O) groups is 1. The van der Waals surface area contributed by atoms with Crippen LogP contribution < -0.4 is 14.8 Å². The van der Waals surface area contributed by atoms with Gasteiger partial charge in [0.2, 0.25) is 0 Å². The van der Waals surface area contributed by atoms with Crippen molar-refractivity contribution >= 4 is 21.8 Å². The molecule has 3 rings (SSSR count). The number of benzene rings is 2. The van der Waals surface area contributed by atoms with Crippen molar-refractivity contribution in [3.63, 3.8) is 0 Å². The maximum absolute atomic E-state index is 12.4. The lowest BCUT2D eigenvalue weighted by Crippen LogP contribution is -2.23. The Balaban J connectivity index is 1.67. The Labute approximate surface area is 159 Å². The first-order chi connectivity index (χ1) is 12.6. The second-order valence-corrected chi connectivity index (χ2v) is 6.29. The van der Waals surface area contributed by atoms with Crippen LogP contribution in [0.25, 0.3) is 11.3 Å². The lowest BCUT2D eigenvalue weighted by atomic mass is 10.1. The van der Waals surface area contributed by atoms with Gasteiger partial charge in [-0.25, -0.2) is 0 Å². The quantitative estimate of drug-likeness (QED) is 0.655. The Morgan fingerprint density at radius 2 is 1.77 bits per heavy atom. The van der Waals surface area contributed by atoms with Crippen LogP contribution in [0.2, 0.25) is 0 Å². The molecule has 0 aliphatic carbocycles. The lowest BCUT2D eigenvalue weighted by Gasteiger charge is -2.07. The van der Waals surface area contributed by atoms with E-state index in [0.717, 1.165) is 11.3 Å². The Kier molecular flexibility index (Phi) is 5.58. The smallest absolute Gasteiger partial charge is 0.252 e. The summed E-state index contributed by atoms with van der Waals surface area (Å²) in [5.41, 5.74) is 2.00. The molecule has 134 valence electrons. The summed E-state index contributed by atoms with van der Waals surface area (Å²) in [5.74, 6) is 1.77. The molecule has 1 aromatic heterocycles. The monoisotopic (exact) mass is 416 g/mol. The van der Waals surface area contributed by atoms with E-state index in [-0.39, 0.29) is 12.5 Å². The molecule has 0 saturated heterocycles. The average molecular weight is 417 g/mol. The van der Waals surface area contributed by atoms with Crippen molar-refractivity contribution in [1.82, 2.24) is 10.5 Å². The van der Waals surface area contributed by atoms with Gasteiger partial charge in [0.05, 0.1) is 26.3 Å². The van der Waals surface area contributed by atoms with E-state index < -0.39 is 0 Å². The third kappa shape index (κ3) is 4.05. The van der Waals surface area contributed by atoms with Crippen LogP contribution in [0.15, 0.2) is 57.5 Å². The van der Waals surface area contributed by atoms with Gasteiger partial charge in [-0.1, -0.05) is 5.16 Å². The Bertz CT molecular complexity index is 906. The molecular weight excluding hydrogens is 400 g/mol. The van der Waals surface area contributed by atoms with E-state index in [1.54, 1.807) is 38.5 Å². The van der Waals surface area contributed by atoms with Crippen LogP contribution in [0.4, 0.5) is 0 Å². The molecule has 0 aliphatic heterocycles. The molecule has 26 heavy (non-hydrogen) atoms. The minimum Gasteiger partial charge on any atom is -0.497 e. The maximum Gasteiger partial charge on any atom is 0.252 e. The number of rotatable bonds is 6. The zero-order valence-corrected chi connectivity index (χ0v) is 15.9. The molecular formula is C19H17BrN2O4. The molecule has 0 atom stereocenters. The van der Waals surface area contributed by atoms with Crippen LogP contribution in [-0.2, 0) is 6.54 Å². The van der Waals surface area contributed by atoms with E-state index in [1.165, 1.54) is 0 Å². The minimum absolute atomic E-state index is 0.232. The fourth-order valence-electron chi connectivity index (χ4n) is 2.36. The van der Waals surface area contributed by atoms with Crippen molar-refractivity contribution in [2.24, 2.45) is 0 Å². The number of ether oxygens (including phenoxy) is 2. The van der Waals surface area contributed by atoms with Gasteiger partial charge in [-0.15, -0.1) is 0 Å². The lowest BCUT2D eigenvalue weighted by molar-refractivity contribution is 0.0949. The second-order valence-electron chi connectivity index (χ2n) is 5.44. The molecule has 2 aromatic carbocycles. The van der Waals surface area contributed by atoms with Gasteiger partial charge < -0.3 is 19.3 Å². The van der Waals surface area contributed by atoms with Crippen molar-refractivity contribution in [2.45, 2.75) is 6.54 Å². The van der Waals surface area contributed by atoms with Gasteiger partial charge in [-0.3, -0.25) is 4.79 Å². The highest BCUT2D eigenvalue weighted by Crippen LogP contribution is 2.24. The van der Waals surface area contributed by atoms with Crippen LogP contribution in [0.5, 0.6) is 11.5 Å². The zero-order chi connectivity index (χ0) is 18.5. The molecule has 0 saturated carbocycles. The van der Waals surface area contributed by atoms with Crippen molar-refractivity contribution in [2.75, 3.05) is 14.2 Å². The first-order valence-electron chi connectivity index (χ1n) is 7.82. The fraction of sp³-hybridized carbons (Fsp3) is 0.158. The number of amides is 1. The molecule has 0 spiro atoms. The van der Waals surface area contributed by atoms with E-state index in [1.807, 2.05) is 24.3 Å². The van der Waals surface area contributed by atoms with Gasteiger partial charge in [0, 0.05) is 16.1 Å². The molecule has 3 aromatic rings. The van der Waals surface area contributed by atoms with E-state index in [4.69, 9.17) is 14.0 Å². The van der Waals surface area contributed by atoms with E-state index >= 15 is 0 Å². The van der Waals surface area contributed by atoms with Gasteiger partial charge in [-0.2, -0.15) is 0 Å². The van der Waals surface area contributed by atoms with Crippen LogP contribution in [0, 0.1) is 0 Å². The van der Waals surface area contributed by atoms with Crippen molar-refractivity contribution in [1.29, 1.82) is 0 Å². The number of halogens is 1. The SMILES string of the molecule is COc1ccc(-c2cc(CNC(=O)c3cc(OC)ccc3Br)no2)cc1. The summed E-state index contributed by atoms with van der Waals surface area (Å²) in [5, 5.41) is 6.82. The van der Waals surface area contributed by atoms with E-state index in [9.17, 15) is 4.79 Å². The number of aromatic nitrogens is 1. The maximum atomic E-state index is 12.4. The summed E-state index contributed by atoms with van der Waals surface area (Å²) in [6.45, 7) is 0.252. The largest absolute Gasteiger partial charge is 0.497 e. The Morgan fingerprint density at radius 3 is 2.46 bits per heavy atom. The van der Waals surface area contributed by atoms with Crippen LogP contribution >= 0.6 is 15.9 Å². The average Bonchev–Trinajstić information content (AvgIpc) is 3.15. The van der Waals surface area contributed by atoms with Crippen LogP contribution in [-0.4, -0.2) is 25.3 Å². The Hall–Kier alpha value is -2.80. The highest BCUT2D eigenvalue weighted by Gasteiger charge is 2.13. The van der Waals surface area contributed by atoms with Gasteiger partial charge in [0.25, 0.3) is 5.91 Å². The first kappa shape index (κ1) is 18.0. The molecule has 1 heterocycles. The fourth-order valence-corrected chi connectivity index (χ4v) is 2.78. The van der Waals surface area contributed by atoms with Gasteiger partial charge in [0.1, 0.15) is 17.2 Å². The van der Waals surface area contributed by atoms with Gasteiger partial charge in [-0.05, 0) is 58.4 Å². The summed E-state index contributed by atoms with van der Waals surface area (Å²) in [6.07, 6.45) is 0. The Morgan fingerprint density at radius 1 is 1.08 bits per heavy atom. The van der Waals surface area contributed by atoms with Gasteiger partial charge >= 0.3 is 0 Å². The molecule has 0 unspecified atom stereocenters. The first-order valence-corrected chi connectivity index (χ1v) is 8.62. The zero-order valence-electron chi connectivity index (χ0n) is 14.3. The number of nitrogens with zero attached hydrogens (tertiary/aromatic N) is 1. The van der Waals surface area contributed by atoms with Crippen molar-refractivity contribution in [3.05, 3.63) is 64.3 Å². The predicted octanol–water partition coefficient (Wildman–Crippen LogP) is 4.05. The second kappa shape index (κ2) is 8.05. The van der Waals surface area contributed by atoms with Gasteiger partial charge in [0.15, 0.2) is 5.76 Å². The van der Waals surface area contributed by atoms with Crippen molar-refractivity contribution < 1.29 is 18.8 Å². The highest BCUT2D eigenvalue weighted by molar-refractivity contribution is 9.10. The summed E-state index contributed by atoms with van der Waals surface area (Å²) < 4.78 is 16.3. The van der Waals surface area contributed by atoms with E-state index in [2.05, 4.69) is 26.4 Å². The van der Waals surface area contributed by atoms with Crippen LogP contribution in [0.3, 0.4) is 0 Å². The molecule has 7 heteroatoms. The van der Waals surface area contributed by atoms with E-state index in [0.29, 0.717) is 27.2 Å². The summed E-state index contributed by atoms with van der Waals surface area (Å²) in [7, 11) is 3.17. The molecule has 0 aliphatic rings. The normalized spacial score (nSPS) is 10.4. The number of methoxy groups -OCH3 is 2. The van der Waals surface area contributed by atoms with Crippen LogP contribution in [0.1, 0.15) is 16.1 Å². The van der Waals surface area contributed by atoms with Crippen molar-refractivity contribution in [3.8, 4) is 22.8 Å². The highest BCUT2D eigenvalue weighted by atomic mass is 79.9. The molecule has 1 N–H and O–H groups in total. The molecule has 6 nitrogen and oxygen atoms in total. The number of carbonyl (C=O) groups excluding carboxylic acids is 1. The standard InChI is InChI=1S/C19H17BrN2O4/c1-24-14-5-3-12(4-6-14)18-9-13(22-26-18)11-21-19(23)16-10-15(25-2)7-8-17(16)20/h3-10H,11H2,1-2H3,(H,21,23). The molecule has 1 amide bonds. The minimum atomic E-state index is -0.232. The third-order valence-electron chi connectivity index (χ3n) is 3.78. The molecule has 0 fully saturated rings. The number of hydrogen-bond donors (Lipinski definition) is 1. The summed E-state index contributed by atoms with van der Waals surface area (Å²) >= 11 is 3.37. The predicted molar refractivity (Wildman–Crippen MR) is 100 cm³/mol. The molecule has 0 radical (unpaired) electrons. The summed E-state index contributed by atoms with van der Waals surface area (Å²) in [4.78, 5) is 12.4.